The Morgan fingerprint density at radius 1 is 1.24 bits per heavy atom. The number of halogens is 4. The van der Waals surface area contributed by atoms with Crippen molar-refractivity contribution in [2.45, 2.75) is 24.3 Å². The van der Waals surface area contributed by atoms with Crippen LogP contribution in [-0.2, 0) is 10.0 Å². The van der Waals surface area contributed by atoms with Crippen LogP contribution >= 0.6 is 0 Å². The number of rotatable bonds is 3. The first-order valence-corrected chi connectivity index (χ1v) is 7.69. The highest BCUT2D eigenvalue weighted by atomic mass is 32.2. The van der Waals surface area contributed by atoms with Gasteiger partial charge in [-0.1, -0.05) is 0 Å². The third-order valence-electron chi connectivity index (χ3n) is 3.58. The minimum Gasteiger partial charge on any atom is -0.330 e. The molecule has 2 atom stereocenters. The second-order valence-corrected chi connectivity index (χ2v) is 6.89. The van der Waals surface area contributed by atoms with Crippen molar-refractivity contribution in [3.05, 3.63) is 29.3 Å². The van der Waals surface area contributed by atoms with Crippen molar-refractivity contribution >= 4 is 10.0 Å². The van der Waals surface area contributed by atoms with E-state index in [0.717, 1.165) is 4.31 Å². The number of sulfonamides is 1. The number of nitrogens with zero attached hydrogens (tertiary/aromatic N) is 1. The van der Waals surface area contributed by atoms with Gasteiger partial charge in [-0.2, -0.15) is 4.31 Å². The Bertz CT molecular complexity index is 639. The van der Waals surface area contributed by atoms with Crippen LogP contribution in [0.1, 0.15) is 13.3 Å². The van der Waals surface area contributed by atoms with Gasteiger partial charge in [0.2, 0.25) is 10.0 Å². The Morgan fingerprint density at radius 2 is 1.76 bits per heavy atom. The van der Waals surface area contributed by atoms with Crippen molar-refractivity contribution in [2.75, 3.05) is 13.1 Å². The van der Waals surface area contributed by atoms with E-state index in [4.69, 9.17) is 5.73 Å². The van der Waals surface area contributed by atoms with Gasteiger partial charge in [-0.25, -0.2) is 26.0 Å². The molecule has 1 saturated heterocycles. The summed E-state index contributed by atoms with van der Waals surface area (Å²) < 4.78 is 79.2. The summed E-state index contributed by atoms with van der Waals surface area (Å²) in [5.74, 6) is -7.52. The molecule has 1 aromatic rings. The van der Waals surface area contributed by atoms with Gasteiger partial charge < -0.3 is 5.73 Å². The zero-order valence-corrected chi connectivity index (χ0v) is 11.9. The smallest absolute Gasteiger partial charge is 0.249 e. The van der Waals surface area contributed by atoms with Gasteiger partial charge >= 0.3 is 0 Å². The molecular weight excluding hydrogens is 312 g/mol. The van der Waals surface area contributed by atoms with Gasteiger partial charge in [0.25, 0.3) is 0 Å². The van der Waals surface area contributed by atoms with Crippen LogP contribution in [0, 0.1) is 29.2 Å². The number of benzene rings is 1. The summed E-state index contributed by atoms with van der Waals surface area (Å²) in [4.78, 5) is -1.59. The average molecular weight is 326 g/mol. The molecule has 21 heavy (non-hydrogen) atoms. The van der Waals surface area contributed by atoms with E-state index in [0.29, 0.717) is 6.42 Å². The summed E-state index contributed by atoms with van der Waals surface area (Å²) in [6.07, 6.45) is 0.413. The molecule has 0 saturated carbocycles. The van der Waals surface area contributed by atoms with E-state index in [1.807, 2.05) is 0 Å². The average Bonchev–Trinajstić information content (AvgIpc) is 2.78. The maximum absolute atomic E-state index is 13.7. The van der Waals surface area contributed by atoms with Crippen molar-refractivity contribution in [2.24, 2.45) is 11.7 Å². The van der Waals surface area contributed by atoms with Gasteiger partial charge in [0, 0.05) is 18.7 Å². The van der Waals surface area contributed by atoms with E-state index < -0.39 is 44.2 Å². The molecule has 9 heteroatoms. The molecule has 2 N–H and O–H groups in total. The standard InChI is InChI=1S/C12H14F4N2O2S/c1-6-2-7(4-17)5-18(6)21(19,20)12-10(15)8(13)3-9(14)11(12)16/h3,6-7H,2,4-5,17H2,1H3. The molecule has 2 unspecified atom stereocenters. The van der Waals surface area contributed by atoms with Crippen molar-refractivity contribution in [1.29, 1.82) is 0 Å². The summed E-state index contributed by atoms with van der Waals surface area (Å²) in [6.45, 7) is 1.70. The molecule has 2 rings (SSSR count). The maximum Gasteiger partial charge on any atom is 0.249 e. The van der Waals surface area contributed by atoms with Crippen LogP contribution in [0.15, 0.2) is 11.0 Å². The molecule has 1 fully saturated rings. The first-order valence-electron chi connectivity index (χ1n) is 6.25. The Labute approximate surface area is 119 Å². The number of hydrogen-bond acceptors (Lipinski definition) is 3. The van der Waals surface area contributed by atoms with Crippen LogP contribution in [0.25, 0.3) is 0 Å². The lowest BCUT2D eigenvalue weighted by Gasteiger charge is -2.21. The Morgan fingerprint density at radius 3 is 2.19 bits per heavy atom. The van der Waals surface area contributed by atoms with Gasteiger partial charge in [0.05, 0.1) is 0 Å². The lowest BCUT2D eigenvalue weighted by Crippen LogP contribution is -2.36. The molecule has 0 radical (unpaired) electrons. The fraction of sp³-hybridized carbons (Fsp3) is 0.500. The molecule has 1 aromatic carbocycles. The van der Waals surface area contributed by atoms with Gasteiger partial charge in [-0.05, 0) is 25.8 Å². The molecular formula is C12H14F4N2O2S. The molecule has 0 bridgehead atoms. The fourth-order valence-corrected chi connectivity index (χ4v) is 4.36. The third-order valence-corrected chi connectivity index (χ3v) is 5.58. The molecule has 1 heterocycles. The highest BCUT2D eigenvalue weighted by Crippen LogP contribution is 2.32. The van der Waals surface area contributed by atoms with E-state index in [1.165, 1.54) is 0 Å². The second kappa shape index (κ2) is 5.54. The van der Waals surface area contributed by atoms with Crippen molar-refractivity contribution in [3.63, 3.8) is 0 Å². The molecule has 1 aliphatic rings. The van der Waals surface area contributed by atoms with Crippen molar-refractivity contribution in [1.82, 2.24) is 4.31 Å². The first-order chi connectivity index (χ1) is 9.70. The van der Waals surface area contributed by atoms with Crippen LogP contribution in [0.3, 0.4) is 0 Å². The predicted molar refractivity (Wildman–Crippen MR) is 66.8 cm³/mol. The fourth-order valence-electron chi connectivity index (χ4n) is 2.51. The summed E-state index contributed by atoms with van der Waals surface area (Å²) in [6, 6.07) is -0.589. The van der Waals surface area contributed by atoms with E-state index in [1.54, 1.807) is 6.92 Å². The van der Waals surface area contributed by atoms with E-state index in [-0.39, 0.29) is 25.1 Å². The van der Waals surface area contributed by atoms with Crippen molar-refractivity contribution < 1.29 is 26.0 Å². The van der Waals surface area contributed by atoms with Crippen LogP contribution in [0.5, 0.6) is 0 Å². The summed E-state index contributed by atoms with van der Waals surface area (Å²) in [7, 11) is -4.69. The number of nitrogens with two attached hydrogens (primary N) is 1. The van der Waals surface area contributed by atoms with Crippen LogP contribution < -0.4 is 5.73 Å². The Kier molecular flexibility index (Phi) is 4.27. The summed E-state index contributed by atoms with van der Waals surface area (Å²) in [5, 5.41) is 0. The Balaban J connectivity index is 2.56. The predicted octanol–water partition coefficient (Wildman–Crippen LogP) is 1.60. The Hall–Kier alpha value is -1.19. The molecule has 4 nitrogen and oxygen atoms in total. The van der Waals surface area contributed by atoms with Gasteiger partial charge in [0.15, 0.2) is 28.2 Å². The quantitative estimate of drug-likeness (QED) is 0.678. The highest BCUT2D eigenvalue weighted by Gasteiger charge is 2.41. The molecule has 1 aliphatic heterocycles. The van der Waals surface area contributed by atoms with E-state index in [2.05, 4.69) is 0 Å². The minimum atomic E-state index is -4.69. The molecule has 0 aliphatic carbocycles. The normalized spacial score (nSPS) is 23.7. The molecule has 0 aromatic heterocycles. The van der Waals surface area contributed by atoms with Gasteiger partial charge in [-0.15, -0.1) is 0 Å². The summed E-state index contributed by atoms with van der Waals surface area (Å²) in [5.41, 5.74) is 5.46. The second-order valence-electron chi connectivity index (χ2n) is 5.06. The van der Waals surface area contributed by atoms with Crippen LogP contribution in [0.2, 0.25) is 0 Å². The molecule has 0 spiro atoms. The largest absolute Gasteiger partial charge is 0.330 e. The van der Waals surface area contributed by atoms with Crippen LogP contribution in [0.4, 0.5) is 17.6 Å². The van der Waals surface area contributed by atoms with Crippen molar-refractivity contribution in [3.8, 4) is 0 Å². The zero-order chi connectivity index (χ0) is 15.9. The van der Waals surface area contributed by atoms with Crippen LogP contribution in [-0.4, -0.2) is 31.9 Å². The van der Waals surface area contributed by atoms with Gasteiger partial charge in [0.1, 0.15) is 0 Å². The van der Waals surface area contributed by atoms with E-state index >= 15 is 0 Å². The molecule has 0 amide bonds. The number of hydrogen-bond donors (Lipinski definition) is 1. The first kappa shape index (κ1) is 16.2. The topological polar surface area (TPSA) is 63.4 Å². The maximum atomic E-state index is 13.7. The monoisotopic (exact) mass is 326 g/mol. The SMILES string of the molecule is CC1CC(CN)CN1S(=O)(=O)c1c(F)c(F)cc(F)c1F. The lowest BCUT2D eigenvalue weighted by atomic mass is 10.1. The highest BCUT2D eigenvalue weighted by molar-refractivity contribution is 7.89. The zero-order valence-electron chi connectivity index (χ0n) is 11.1. The molecule has 118 valence electrons. The van der Waals surface area contributed by atoms with Gasteiger partial charge in [-0.3, -0.25) is 0 Å². The minimum absolute atomic E-state index is 0.0280. The lowest BCUT2D eigenvalue weighted by molar-refractivity contribution is 0.380. The summed E-state index contributed by atoms with van der Waals surface area (Å²) >= 11 is 0. The third kappa shape index (κ3) is 2.65. The van der Waals surface area contributed by atoms with E-state index in [9.17, 15) is 26.0 Å².